The Labute approximate surface area is 267 Å². The number of nitrogens with zero attached hydrogens (tertiary/aromatic N) is 4. The molecule has 5 rings (SSSR count). The zero-order valence-electron chi connectivity index (χ0n) is 24.1. The molecule has 0 unspecified atom stereocenters. The summed E-state index contributed by atoms with van der Waals surface area (Å²) >= 11 is 2.95. The number of amides is 1. The number of carbonyl (C=O) groups excluding carboxylic acids is 2. The zero-order chi connectivity index (χ0) is 34.3. The van der Waals surface area contributed by atoms with E-state index in [2.05, 4.69) is 0 Å². The number of esters is 1. The standard InChI is InChI=1S/C25H26FN4O6S2.CHF3O3S/c1-13-18(17-10-28-12-27(9-8-26)23(37-3)24(28)38-17)21(29-20(13)19(14(2)31)22(29)32)25(33)36-11-15-4-6-16(7-5-15)30(34)35;2-1(3,4)8(5,6)7/h4-7,10,12-14,19-20,31H,8-9,11H2,1-3H3;(H,5,6,7)/q+1;/p-1/t13-,14+,19+,20+;/m0./s1. The van der Waals surface area contributed by atoms with Crippen LogP contribution in [0.1, 0.15) is 24.3 Å². The average Bonchev–Trinajstić information content (AvgIpc) is 3.58. The van der Waals surface area contributed by atoms with Gasteiger partial charge >= 0.3 is 11.5 Å². The van der Waals surface area contributed by atoms with Gasteiger partial charge in [0, 0.05) is 23.6 Å². The highest BCUT2D eigenvalue weighted by atomic mass is 32.2. The van der Waals surface area contributed by atoms with Crippen LogP contribution in [-0.4, -0.2) is 74.8 Å². The van der Waals surface area contributed by atoms with Crippen LogP contribution in [-0.2, 0) is 37.6 Å². The van der Waals surface area contributed by atoms with Gasteiger partial charge in [0.15, 0.2) is 10.1 Å². The predicted molar refractivity (Wildman–Crippen MR) is 154 cm³/mol. The molecule has 13 nitrogen and oxygen atoms in total. The molecule has 4 heterocycles. The van der Waals surface area contributed by atoms with E-state index in [4.69, 9.17) is 17.7 Å². The molecule has 1 fully saturated rings. The number of rotatable bonds is 9. The fourth-order valence-electron chi connectivity index (χ4n) is 5.33. The lowest BCUT2D eigenvalue weighted by Crippen LogP contribution is -2.63. The Kier molecular flexibility index (Phi) is 10.2. The number of non-ortho nitro benzene ring substituents is 1. The lowest BCUT2D eigenvalue weighted by atomic mass is 9.77. The van der Waals surface area contributed by atoms with Gasteiger partial charge in [-0.15, -0.1) is 0 Å². The summed E-state index contributed by atoms with van der Waals surface area (Å²) in [6.45, 7) is 3.12. The Balaban J connectivity index is 0.000000533. The van der Waals surface area contributed by atoms with E-state index in [0.717, 1.165) is 14.7 Å². The van der Waals surface area contributed by atoms with E-state index in [1.807, 2.05) is 34.7 Å². The summed E-state index contributed by atoms with van der Waals surface area (Å²) in [6.07, 6.45) is 4.73. The molecule has 3 aromatic rings. The molecule has 0 bridgehead atoms. The minimum Gasteiger partial charge on any atom is -0.741 e. The van der Waals surface area contributed by atoms with Crippen LogP contribution >= 0.6 is 23.1 Å². The molecule has 1 saturated heterocycles. The Bertz CT molecular complexity index is 1800. The van der Waals surface area contributed by atoms with Crippen LogP contribution in [0.25, 0.3) is 10.4 Å². The molecular weight excluding hydrogens is 684 g/mol. The number of aryl methyl sites for hydroxylation is 1. The van der Waals surface area contributed by atoms with Crippen molar-refractivity contribution in [3.05, 3.63) is 63.0 Å². The number of nitro benzene ring substituents is 1. The number of aliphatic hydroxyl groups excluding tert-OH is 1. The number of benzene rings is 1. The van der Waals surface area contributed by atoms with Crippen molar-refractivity contribution in [2.24, 2.45) is 11.8 Å². The van der Waals surface area contributed by atoms with E-state index in [1.54, 1.807) is 6.92 Å². The van der Waals surface area contributed by atoms with Crippen LogP contribution < -0.4 is 4.57 Å². The molecule has 0 saturated carbocycles. The number of aliphatic hydroxyl groups is 1. The van der Waals surface area contributed by atoms with Crippen molar-refractivity contribution in [3.63, 3.8) is 0 Å². The number of hydrogen-bond acceptors (Lipinski definition) is 11. The first-order valence-electron chi connectivity index (χ1n) is 13.2. The fourth-order valence-corrected chi connectivity index (χ4v) is 7.53. The van der Waals surface area contributed by atoms with Crippen LogP contribution in [0.4, 0.5) is 23.2 Å². The second-order valence-corrected chi connectivity index (χ2v) is 13.4. The predicted octanol–water partition coefficient (Wildman–Crippen LogP) is 3.25. The third-order valence-corrected chi connectivity index (χ3v) is 10.0. The number of ether oxygens (including phenoxy) is 1. The number of β-lactam (4-membered cyclic amide) rings is 1. The monoisotopic (exact) mass is 710 g/mol. The van der Waals surface area contributed by atoms with Gasteiger partial charge < -0.3 is 19.3 Å². The number of nitro groups is 1. The number of hydrogen-bond donors (Lipinski definition) is 1. The van der Waals surface area contributed by atoms with E-state index in [9.17, 15) is 42.4 Å². The molecular formula is C26H26F4N4O9S3. The normalized spacial score (nSPS) is 20.2. The molecule has 46 heavy (non-hydrogen) atoms. The number of imidazole rings is 1. The lowest BCUT2D eigenvalue weighted by molar-refractivity contribution is -0.729. The maximum absolute atomic E-state index is 13.5. The Hall–Kier alpha value is -3.59. The first-order chi connectivity index (χ1) is 21.4. The summed E-state index contributed by atoms with van der Waals surface area (Å²) in [4.78, 5) is 40.0. The molecule has 1 N–H and O–H groups in total. The Morgan fingerprint density at radius 1 is 1.28 bits per heavy atom. The second-order valence-electron chi connectivity index (χ2n) is 10.2. The maximum atomic E-state index is 13.5. The van der Waals surface area contributed by atoms with Gasteiger partial charge in [-0.05, 0) is 30.9 Å². The second kappa shape index (κ2) is 13.3. The largest absolute Gasteiger partial charge is 0.741 e. The number of aromatic nitrogens is 2. The van der Waals surface area contributed by atoms with Crippen molar-refractivity contribution in [1.82, 2.24) is 9.30 Å². The number of halogens is 4. The highest BCUT2D eigenvalue weighted by molar-refractivity contribution is 7.98. The van der Waals surface area contributed by atoms with Gasteiger partial charge in [-0.2, -0.15) is 17.6 Å². The Morgan fingerprint density at radius 3 is 2.39 bits per heavy atom. The van der Waals surface area contributed by atoms with Crippen molar-refractivity contribution >= 4 is 61.2 Å². The fraction of sp³-hybridized carbons (Fsp3) is 0.423. The molecule has 4 atom stereocenters. The number of thiazole rings is 1. The quantitative estimate of drug-likeness (QED) is 0.0400. The molecule has 1 aromatic carbocycles. The first kappa shape index (κ1) is 35.3. The van der Waals surface area contributed by atoms with E-state index in [0.29, 0.717) is 11.1 Å². The molecule has 2 aliphatic rings. The third kappa shape index (κ3) is 6.61. The Morgan fingerprint density at radius 2 is 1.89 bits per heavy atom. The van der Waals surface area contributed by atoms with E-state index in [-0.39, 0.29) is 42.4 Å². The molecule has 20 heteroatoms. The van der Waals surface area contributed by atoms with Crippen LogP contribution in [0.3, 0.4) is 0 Å². The molecule has 0 aliphatic carbocycles. The smallest absolute Gasteiger partial charge is 0.485 e. The average molecular weight is 711 g/mol. The first-order valence-corrected chi connectivity index (χ1v) is 16.7. The molecule has 0 spiro atoms. The van der Waals surface area contributed by atoms with E-state index < -0.39 is 45.2 Å². The van der Waals surface area contributed by atoms with E-state index in [1.165, 1.54) is 52.3 Å². The highest BCUT2D eigenvalue weighted by Gasteiger charge is 2.60. The van der Waals surface area contributed by atoms with Gasteiger partial charge in [-0.25, -0.2) is 22.2 Å². The number of fused-ring (bicyclic) bond motifs is 2. The number of carbonyl (C=O) groups is 2. The van der Waals surface area contributed by atoms with Gasteiger partial charge in [0.2, 0.25) is 15.8 Å². The maximum Gasteiger partial charge on any atom is 0.485 e. The minimum absolute atomic E-state index is 0.0700. The molecule has 1 amide bonds. The van der Waals surface area contributed by atoms with Gasteiger partial charge in [-0.1, -0.05) is 30.0 Å². The molecule has 2 aliphatic heterocycles. The van der Waals surface area contributed by atoms with Gasteiger partial charge in [0.25, 0.3) is 12.0 Å². The molecule has 2 aromatic heterocycles. The van der Waals surface area contributed by atoms with Crippen LogP contribution in [0, 0.1) is 22.0 Å². The summed E-state index contributed by atoms with van der Waals surface area (Å²) in [5.74, 6) is -1.88. The summed E-state index contributed by atoms with van der Waals surface area (Å²) in [5.41, 5.74) is -4.33. The zero-order valence-corrected chi connectivity index (χ0v) is 26.6. The minimum atomic E-state index is -6.09. The summed E-state index contributed by atoms with van der Waals surface area (Å²) in [5, 5.41) is 22.1. The van der Waals surface area contributed by atoms with Crippen molar-refractivity contribution < 1.29 is 59.5 Å². The van der Waals surface area contributed by atoms with Crippen molar-refractivity contribution in [3.8, 4) is 0 Å². The topological polar surface area (TPSA) is 175 Å². The van der Waals surface area contributed by atoms with Gasteiger partial charge in [0.05, 0.1) is 27.9 Å². The van der Waals surface area contributed by atoms with Gasteiger partial charge in [-0.3, -0.25) is 14.9 Å². The number of alkyl halides is 4. The van der Waals surface area contributed by atoms with Crippen LogP contribution in [0.15, 0.2) is 47.5 Å². The van der Waals surface area contributed by atoms with Crippen LogP contribution in [0.2, 0.25) is 0 Å². The summed E-state index contributed by atoms with van der Waals surface area (Å²) < 4.78 is 81.3. The van der Waals surface area contributed by atoms with Crippen molar-refractivity contribution in [2.45, 2.75) is 49.7 Å². The van der Waals surface area contributed by atoms with Gasteiger partial charge in [0.1, 0.15) is 31.7 Å². The lowest BCUT2D eigenvalue weighted by Gasteiger charge is -2.46. The number of thioether (sulfide) groups is 1. The van der Waals surface area contributed by atoms with Crippen molar-refractivity contribution in [2.75, 3.05) is 12.9 Å². The van der Waals surface area contributed by atoms with E-state index >= 15 is 0 Å². The molecule has 250 valence electrons. The SMILES string of the molecule is CSc1c2sc(C3=C(C(=O)OCc4ccc([N+](=O)[O-])cc4)N4C(=O)[C@H]([C@@H](C)O)[C@H]4[C@H]3C)cn2c[n+]1CCF.O=S(=O)([O-])C(F)(F)F. The van der Waals surface area contributed by atoms with Crippen LogP contribution in [0.5, 0.6) is 0 Å². The summed E-state index contributed by atoms with van der Waals surface area (Å²) in [6, 6.07) is 5.31. The third-order valence-electron chi connectivity index (χ3n) is 7.36. The highest BCUT2D eigenvalue weighted by Crippen LogP contribution is 2.52. The summed E-state index contributed by atoms with van der Waals surface area (Å²) in [7, 11) is -6.09. The van der Waals surface area contributed by atoms with Crippen molar-refractivity contribution in [1.29, 1.82) is 0 Å². The molecule has 0 radical (unpaired) electrons.